The van der Waals surface area contributed by atoms with Crippen LogP contribution < -0.4 is 5.73 Å². The second-order valence-electron chi connectivity index (χ2n) is 3.21. The van der Waals surface area contributed by atoms with E-state index in [1.54, 1.807) is 18.2 Å². The summed E-state index contributed by atoms with van der Waals surface area (Å²) in [6.45, 7) is -0.550. The number of rotatable bonds is 4. The number of aliphatic carboxylic acids is 1. The van der Waals surface area contributed by atoms with Gasteiger partial charge in [0.15, 0.2) is 0 Å². The SMILES string of the molecule is NC(Cc1ccc(CF)c(Br)c1)C(=O)O. The molecule has 0 aliphatic rings. The van der Waals surface area contributed by atoms with E-state index in [0.717, 1.165) is 5.56 Å². The fraction of sp³-hybridized carbons (Fsp3) is 0.300. The number of halogens is 2. The van der Waals surface area contributed by atoms with E-state index in [-0.39, 0.29) is 6.42 Å². The number of hydrogen-bond acceptors (Lipinski definition) is 2. The summed E-state index contributed by atoms with van der Waals surface area (Å²) in [6.07, 6.45) is 0.237. The highest BCUT2D eigenvalue weighted by Crippen LogP contribution is 2.20. The van der Waals surface area contributed by atoms with Crippen LogP contribution in [-0.4, -0.2) is 17.1 Å². The molecule has 5 heteroatoms. The molecule has 0 aliphatic heterocycles. The van der Waals surface area contributed by atoms with Gasteiger partial charge in [-0.1, -0.05) is 28.1 Å². The lowest BCUT2D eigenvalue weighted by atomic mass is 10.1. The topological polar surface area (TPSA) is 63.3 Å². The molecule has 1 aromatic rings. The van der Waals surface area contributed by atoms with E-state index < -0.39 is 18.7 Å². The first kappa shape index (κ1) is 12.1. The molecule has 1 aromatic carbocycles. The third kappa shape index (κ3) is 3.28. The number of hydrogen-bond donors (Lipinski definition) is 2. The van der Waals surface area contributed by atoms with Crippen molar-refractivity contribution in [1.29, 1.82) is 0 Å². The van der Waals surface area contributed by atoms with Gasteiger partial charge < -0.3 is 10.8 Å². The molecular weight excluding hydrogens is 265 g/mol. The highest BCUT2D eigenvalue weighted by Gasteiger charge is 2.12. The van der Waals surface area contributed by atoms with Gasteiger partial charge in [-0.15, -0.1) is 0 Å². The molecule has 0 radical (unpaired) electrons. The summed E-state index contributed by atoms with van der Waals surface area (Å²) in [4.78, 5) is 10.5. The Morgan fingerprint density at radius 3 is 2.73 bits per heavy atom. The average molecular weight is 276 g/mol. The van der Waals surface area contributed by atoms with E-state index in [2.05, 4.69) is 15.9 Å². The van der Waals surface area contributed by atoms with Crippen LogP contribution in [0.3, 0.4) is 0 Å². The fourth-order valence-electron chi connectivity index (χ4n) is 1.17. The second kappa shape index (κ2) is 5.23. The van der Waals surface area contributed by atoms with Gasteiger partial charge in [0, 0.05) is 4.47 Å². The van der Waals surface area contributed by atoms with Crippen molar-refractivity contribution in [1.82, 2.24) is 0 Å². The lowest BCUT2D eigenvalue weighted by Crippen LogP contribution is -2.32. The molecule has 0 heterocycles. The Kier molecular flexibility index (Phi) is 4.23. The van der Waals surface area contributed by atoms with Gasteiger partial charge in [0.05, 0.1) is 0 Å². The van der Waals surface area contributed by atoms with Gasteiger partial charge in [0.2, 0.25) is 0 Å². The highest BCUT2D eigenvalue weighted by atomic mass is 79.9. The van der Waals surface area contributed by atoms with Crippen LogP contribution in [0.4, 0.5) is 4.39 Å². The van der Waals surface area contributed by atoms with E-state index in [1.807, 2.05) is 0 Å². The van der Waals surface area contributed by atoms with E-state index in [9.17, 15) is 9.18 Å². The predicted octanol–water partition coefficient (Wildman–Crippen LogP) is 1.87. The average Bonchev–Trinajstić information content (AvgIpc) is 2.18. The van der Waals surface area contributed by atoms with E-state index in [1.165, 1.54) is 0 Å². The molecule has 0 spiro atoms. The zero-order chi connectivity index (χ0) is 11.4. The first-order valence-electron chi connectivity index (χ1n) is 4.36. The van der Waals surface area contributed by atoms with E-state index in [0.29, 0.717) is 10.0 Å². The third-order valence-electron chi connectivity index (χ3n) is 2.03. The van der Waals surface area contributed by atoms with E-state index >= 15 is 0 Å². The van der Waals surface area contributed by atoms with Gasteiger partial charge in [-0.3, -0.25) is 4.79 Å². The predicted molar refractivity (Wildman–Crippen MR) is 58.3 cm³/mol. The van der Waals surface area contributed by atoms with Crippen LogP contribution in [0, 0.1) is 0 Å². The molecule has 1 atom stereocenters. The minimum absolute atomic E-state index is 0.237. The van der Waals surface area contributed by atoms with Crippen molar-refractivity contribution < 1.29 is 14.3 Å². The summed E-state index contributed by atoms with van der Waals surface area (Å²) in [7, 11) is 0. The van der Waals surface area contributed by atoms with Gasteiger partial charge in [-0.25, -0.2) is 4.39 Å². The smallest absolute Gasteiger partial charge is 0.320 e. The molecule has 0 fully saturated rings. The maximum absolute atomic E-state index is 12.4. The molecule has 0 amide bonds. The van der Waals surface area contributed by atoms with Gasteiger partial charge >= 0.3 is 5.97 Å². The first-order valence-corrected chi connectivity index (χ1v) is 5.15. The summed E-state index contributed by atoms with van der Waals surface area (Å²) in [6, 6.07) is 4.07. The lowest BCUT2D eigenvalue weighted by molar-refractivity contribution is -0.138. The molecule has 3 nitrogen and oxygen atoms in total. The van der Waals surface area contributed by atoms with Crippen molar-refractivity contribution in [3.63, 3.8) is 0 Å². The Morgan fingerprint density at radius 2 is 2.27 bits per heavy atom. The molecule has 3 N–H and O–H groups in total. The second-order valence-corrected chi connectivity index (χ2v) is 4.06. The van der Waals surface area contributed by atoms with Crippen molar-refractivity contribution in [3.05, 3.63) is 33.8 Å². The summed E-state index contributed by atoms with van der Waals surface area (Å²) in [5.74, 6) is -1.04. The summed E-state index contributed by atoms with van der Waals surface area (Å²) in [5.41, 5.74) is 6.70. The number of alkyl halides is 1. The minimum Gasteiger partial charge on any atom is -0.480 e. The van der Waals surface area contributed by atoms with Crippen molar-refractivity contribution >= 4 is 21.9 Å². The van der Waals surface area contributed by atoms with Crippen LogP contribution >= 0.6 is 15.9 Å². The van der Waals surface area contributed by atoms with Crippen LogP contribution in [0.15, 0.2) is 22.7 Å². The molecule has 15 heavy (non-hydrogen) atoms. The van der Waals surface area contributed by atoms with Crippen LogP contribution in [0.25, 0.3) is 0 Å². The maximum atomic E-state index is 12.4. The summed E-state index contributed by atoms with van der Waals surface area (Å²) < 4.78 is 13.0. The van der Waals surface area contributed by atoms with Gasteiger partial charge in [0.1, 0.15) is 12.7 Å². The van der Waals surface area contributed by atoms with Crippen LogP contribution in [0.5, 0.6) is 0 Å². The lowest BCUT2D eigenvalue weighted by Gasteiger charge is -2.08. The Bertz CT molecular complexity index is 370. The normalized spacial score (nSPS) is 12.5. The molecule has 0 saturated carbocycles. The number of benzene rings is 1. The fourth-order valence-corrected chi connectivity index (χ4v) is 1.70. The molecule has 0 saturated heterocycles. The summed E-state index contributed by atoms with van der Waals surface area (Å²) >= 11 is 3.21. The molecule has 0 aromatic heterocycles. The van der Waals surface area contributed by atoms with Gasteiger partial charge in [-0.2, -0.15) is 0 Å². The van der Waals surface area contributed by atoms with Crippen LogP contribution in [0.2, 0.25) is 0 Å². The molecule has 0 bridgehead atoms. The minimum atomic E-state index is -1.04. The first-order chi connectivity index (χ1) is 7.04. The largest absolute Gasteiger partial charge is 0.480 e. The maximum Gasteiger partial charge on any atom is 0.320 e. The van der Waals surface area contributed by atoms with E-state index in [4.69, 9.17) is 10.8 Å². The molecule has 0 aliphatic carbocycles. The molecule has 82 valence electrons. The van der Waals surface area contributed by atoms with Crippen molar-refractivity contribution in [2.75, 3.05) is 0 Å². The van der Waals surface area contributed by atoms with Crippen molar-refractivity contribution in [3.8, 4) is 0 Å². The van der Waals surface area contributed by atoms with Crippen molar-refractivity contribution in [2.24, 2.45) is 5.73 Å². The number of carboxylic acid groups (broad SMARTS) is 1. The Balaban J connectivity index is 2.79. The monoisotopic (exact) mass is 275 g/mol. The highest BCUT2D eigenvalue weighted by molar-refractivity contribution is 9.10. The molecule has 1 unspecified atom stereocenters. The molecular formula is C10H11BrFNO2. The quantitative estimate of drug-likeness (QED) is 0.882. The number of carboxylic acids is 1. The van der Waals surface area contributed by atoms with Gasteiger partial charge in [-0.05, 0) is 23.6 Å². The Hall–Kier alpha value is -0.940. The zero-order valence-electron chi connectivity index (χ0n) is 7.91. The van der Waals surface area contributed by atoms with Crippen LogP contribution in [0.1, 0.15) is 11.1 Å². The standard InChI is InChI=1S/C10H11BrFNO2/c11-8-3-6(1-2-7(8)5-12)4-9(13)10(14)15/h1-3,9H,4-5,13H2,(H,14,15). The number of carbonyl (C=O) groups is 1. The Morgan fingerprint density at radius 1 is 1.60 bits per heavy atom. The molecule has 1 rings (SSSR count). The Labute approximate surface area is 95.2 Å². The summed E-state index contributed by atoms with van der Waals surface area (Å²) in [5, 5.41) is 8.62. The van der Waals surface area contributed by atoms with Crippen molar-refractivity contribution in [2.45, 2.75) is 19.1 Å². The zero-order valence-corrected chi connectivity index (χ0v) is 9.50. The third-order valence-corrected chi connectivity index (χ3v) is 2.77. The number of nitrogens with two attached hydrogens (primary N) is 1. The van der Waals surface area contributed by atoms with Crippen LogP contribution in [-0.2, 0) is 17.9 Å². The van der Waals surface area contributed by atoms with Gasteiger partial charge in [0.25, 0.3) is 0 Å².